The lowest BCUT2D eigenvalue weighted by Gasteiger charge is -2.21. The fraction of sp³-hybridized carbons (Fsp3) is 0.636. The summed E-state index contributed by atoms with van der Waals surface area (Å²) in [6.45, 7) is 5.64. The number of carbonyl (C=O) groups excluding carboxylic acids is 1. The van der Waals surface area contributed by atoms with Crippen molar-refractivity contribution in [2.24, 2.45) is 11.7 Å². The Hall–Kier alpha value is -1.57. The first kappa shape index (κ1) is 15.5. The van der Waals surface area contributed by atoms with Crippen molar-refractivity contribution >= 4 is 23.6 Å². The maximum atomic E-state index is 11.6. The average molecular weight is 286 g/mol. The standard InChI is InChI=1S/C11H18N4O3S/c1-4-7-13-14-11(19-5-8(16)17)15(7)9(6(2)3)10(12)18/h6,9H,4-5H2,1-3H3,(H2,12,18)(H,16,17). The van der Waals surface area contributed by atoms with E-state index in [9.17, 15) is 9.59 Å². The molecule has 0 aliphatic rings. The van der Waals surface area contributed by atoms with E-state index in [0.717, 1.165) is 11.8 Å². The summed E-state index contributed by atoms with van der Waals surface area (Å²) in [7, 11) is 0. The third kappa shape index (κ3) is 3.69. The number of aliphatic carboxylic acids is 1. The molecule has 0 radical (unpaired) electrons. The van der Waals surface area contributed by atoms with Crippen molar-refractivity contribution in [2.45, 2.75) is 38.4 Å². The molecule has 1 aromatic rings. The maximum Gasteiger partial charge on any atom is 0.313 e. The number of primary amides is 1. The van der Waals surface area contributed by atoms with E-state index in [4.69, 9.17) is 10.8 Å². The normalized spacial score (nSPS) is 12.6. The zero-order valence-corrected chi connectivity index (χ0v) is 12.0. The van der Waals surface area contributed by atoms with E-state index in [1.165, 1.54) is 0 Å². The fourth-order valence-corrected chi connectivity index (χ4v) is 2.52. The highest BCUT2D eigenvalue weighted by Gasteiger charge is 2.27. The number of aromatic nitrogens is 3. The smallest absolute Gasteiger partial charge is 0.313 e. The molecule has 1 amide bonds. The van der Waals surface area contributed by atoms with E-state index in [1.54, 1.807) is 4.57 Å². The first-order valence-corrected chi connectivity index (χ1v) is 6.94. The van der Waals surface area contributed by atoms with Crippen molar-refractivity contribution in [3.63, 3.8) is 0 Å². The van der Waals surface area contributed by atoms with Gasteiger partial charge in [-0.3, -0.25) is 14.2 Å². The molecule has 0 fully saturated rings. The van der Waals surface area contributed by atoms with Crippen LogP contribution in [0.25, 0.3) is 0 Å². The third-order valence-electron chi connectivity index (χ3n) is 2.58. The number of nitrogens with two attached hydrogens (primary N) is 1. The Bertz CT molecular complexity index is 473. The van der Waals surface area contributed by atoms with Gasteiger partial charge in [-0.25, -0.2) is 0 Å². The Morgan fingerprint density at radius 2 is 2.05 bits per heavy atom. The van der Waals surface area contributed by atoms with Gasteiger partial charge in [0.1, 0.15) is 11.9 Å². The number of nitrogens with zero attached hydrogens (tertiary/aromatic N) is 3. The van der Waals surface area contributed by atoms with Crippen molar-refractivity contribution in [2.75, 3.05) is 5.75 Å². The SMILES string of the molecule is CCc1nnc(SCC(=O)O)n1C(C(N)=O)C(C)C. The van der Waals surface area contributed by atoms with Gasteiger partial charge in [-0.2, -0.15) is 0 Å². The second-order valence-electron chi connectivity index (χ2n) is 4.40. The number of hydrogen-bond acceptors (Lipinski definition) is 5. The van der Waals surface area contributed by atoms with Crippen molar-refractivity contribution in [3.05, 3.63) is 5.82 Å². The van der Waals surface area contributed by atoms with Gasteiger partial charge in [-0.1, -0.05) is 32.5 Å². The predicted molar refractivity (Wildman–Crippen MR) is 70.8 cm³/mol. The molecule has 0 aromatic carbocycles. The Labute approximate surface area is 115 Å². The number of amides is 1. The lowest BCUT2D eigenvalue weighted by Crippen LogP contribution is -2.32. The first-order chi connectivity index (χ1) is 8.88. The summed E-state index contributed by atoms with van der Waals surface area (Å²) in [5.74, 6) is -0.946. The van der Waals surface area contributed by atoms with Gasteiger partial charge in [0.15, 0.2) is 5.16 Å². The second kappa shape index (κ2) is 6.55. The molecule has 1 unspecified atom stereocenters. The quantitative estimate of drug-likeness (QED) is 0.714. The molecule has 0 bridgehead atoms. The summed E-state index contributed by atoms with van der Waals surface area (Å²) in [4.78, 5) is 22.2. The number of carboxylic acids is 1. The fourth-order valence-electron chi connectivity index (χ4n) is 1.81. The number of carbonyl (C=O) groups is 2. The van der Waals surface area contributed by atoms with Gasteiger partial charge < -0.3 is 10.8 Å². The summed E-state index contributed by atoms with van der Waals surface area (Å²) >= 11 is 1.04. The molecule has 0 aliphatic heterocycles. The molecule has 19 heavy (non-hydrogen) atoms. The minimum absolute atomic E-state index is 0.0250. The van der Waals surface area contributed by atoms with Crippen molar-refractivity contribution < 1.29 is 14.7 Å². The first-order valence-electron chi connectivity index (χ1n) is 5.96. The summed E-state index contributed by atoms with van der Waals surface area (Å²) in [5.41, 5.74) is 5.44. The molecular weight excluding hydrogens is 268 g/mol. The van der Waals surface area contributed by atoms with Crippen molar-refractivity contribution in [1.29, 1.82) is 0 Å². The maximum absolute atomic E-state index is 11.6. The van der Waals surface area contributed by atoms with Crippen LogP contribution in [0.2, 0.25) is 0 Å². The van der Waals surface area contributed by atoms with Crippen molar-refractivity contribution in [3.8, 4) is 0 Å². The molecular formula is C11H18N4O3S. The number of hydrogen-bond donors (Lipinski definition) is 2. The van der Waals surface area contributed by atoms with Gasteiger partial charge in [0, 0.05) is 6.42 Å². The van der Waals surface area contributed by atoms with Gasteiger partial charge in [0.05, 0.1) is 5.75 Å². The lowest BCUT2D eigenvalue weighted by molar-refractivity contribution is -0.133. The van der Waals surface area contributed by atoms with Crippen molar-refractivity contribution in [1.82, 2.24) is 14.8 Å². The minimum atomic E-state index is -0.947. The number of thioether (sulfide) groups is 1. The van der Waals surface area contributed by atoms with E-state index in [-0.39, 0.29) is 11.7 Å². The van der Waals surface area contributed by atoms with Crippen LogP contribution in [0.1, 0.15) is 32.6 Å². The molecule has 0 spiro atoms. The molecule has 1 aromatic heterocycles. The summed E-state index contributed by atoms with van der Waals surface area (Å²) in [6, 6.07) is -0.568. The highest BCUT2D eigenvalue weighted by Crippen LogP contribution is 2.26. The Morgan fingerprint density at radius 1 is 1.42 bits per heavy atom. The zero-order chi connectivity index (χ0) is 14.6. The molecule has 1 atom stereocenters. The van der Waals surface area contributed by atoms with Crippen LogP contribution >= 0.6 is 11.8 Å². The van der Waals surface area contributed by atoms with E-state index >= 15 is 0 Å². The van der Waals surface area contributed by atoms with E-state index < -0.39 is 17.9 Å². The van der Waals surface area contributed by atoms with Crippen LogP contribution in [-0.2, 0) is 16.0 Å². The monoisotopic (exact) mass is 286 g/mol. The predicted octanol–water partition coefficient (Wildman–Crippen LogP) is 0.700. The van der Waals surface area contributed by atoms with Crippen LogP contribution < -0.4 is 5.73 Å². The largest absolute Gasteiger partial charge is 0.481 e. The molecule has 3 N–H and O–H groups in total. The van der Waals surface area contributed by atoms with Gasteiger partial charge in [0.2, 0.25) is 5.91 Å². The molecule has 0 saturated heterocycles. The van der Waals surface area contributed by atoms with Gasteiger partial charge in [0.25, 0.3) is 0 Å². The Balaban J connectivity index is 3.16. The van der Waals surface area contributed by atoms with E-state index in [2.05, 4.69) is 10.2 Å². The zero-order valence-electron chi connectivity index (χ0n) is 11.2. The van der Waals surface area contributed by atoms with Crippen LogP contribution in [0.3, 0.4) is 0 Å². The highest BCUT2D eigenvalue weighted by molar-refractivity contribution is 7.99. The summed E-state index contributed by atoms with van der Waals surface area (Å²) in [6.07, 6.45) is 0.594. The Kier molecular flexibility index (Phi) is 5.34. The molecule has 1 rings (SSSR count). The lowest BCUT2D eigenvalue weighted by atomic mass is 10.0. The van der Waals surface area contributed by atoms with Crippen LogP contribution in [0.4, 0.5) is 0 Å². The van der Waals surface area contributed by atoms with Crippen LogP contribution in [0, 0.1) is 5.92 Å². The number of rotatable bonds is 7. The van der Waals surface area contributed by atoms with Crippen LogP contribution in [0.15, 0.2) is 5.16 Å². The third-order valence-corrected chi connectivity index (χ3v) is 3.51. The molecule has 7 nitrogen and oxygen atoms in total. The molecule has 0 saturated carbocycles. The van der Waals surface area contributed by atoms with E-state index in [0.29, 0.717) is 17.4 Å². The summed E-state index contributed by atoms with van der Waals surface area (Å²) < 4.78 is 1.65. The van der Waals surface area contributed by atoms with Gasteiger partial charge in [-0.15, -0.1) is 10.2 Å². The second-order valence-corrected chi connectivity index (χ2v) is 5.34. The van der Waals surface area contributed by atoms with Crippen LogP contribution in [0.5, 0.6) is 0 Å². The van der Waals surface area contributed by atoms with Gasteiger partial charge >= 0.3 is 5.97 Å². The Morgan fingerprint density at radius 3 is 2.47 bits per heavy atom. The number of aryl methyl sites for hydroxylation is 1. The summed E-state index contributed by atoms with van der Waals surface area (Å²) in [5, 5.41) is 17.1. The number of carboxylic acid groups (broad SMARTS) is 1. The molecule has 106 valence electrons. The van der Waals surface area contributed by atoms with Crippen LogP contribution in [-0.4, -0.2) is 37.5 Å². The topological polar surface area (TPSA) is 111 Å². The minimum Gasteiger partial charge on any atom is -0.481 e. The average Bonchev–Trinajstić information content (AvgIpc) is 2.68. The van der Waals surface area contributed by atoms with Gasteiger partial charge in [-0.05, 0) is 5.92 Å². The highest BCUT2D eigenvalue weighted by atomic mass is 32.2. The molecule has 8 heteroatoms. The molecule has 0 aliphatic carbocycles. The molecule has 1 heterocycles. The van der Waals surface area contributed by atoms with E-state index in [1.807, 2.05) is 20.8 Å².